The molecule has 1 amide bonds. The van der Waals surface area contributed by atoms with Gasteiger partial charge in [-0.3, -0.25) is 4.79 Å². The summed E-state index contributed by atoms with van der Waals surface area (Å²) in [6.45, 7) is 8.96. The summed E-state index contributed by atoms with van der Waals surface area (Å²) in [7, 11) is 1.84. The predicted molar refractivity (Wildman–Crippen MR) is 71.0 cm³/mol. The molecule has 4 nitrogen and oxygen atoms in total. The van der Waals surface area contributed by atoms with Crippen LogP contribution in [0.25, 0.3) is 0 Å². The zero-order chi connectivity index (χ0) is 13.2. The summed E-state index contributed by atoms with van der Waals surface area (Å²) in [6, 6.07) is 1.74. The molecule has 0 fully saturated rings. The molecule has 4 heteroatoms. The number of carbonyl (C=O) groups is 1. The molecule has 0 spiro atoms. The number of anilines is 1. The van der Waals surface area contributed by atoms with E-state index in [0.717, 1.165) is 13.0 Å². The van der Waals surface area contributed by atoms with Gasteiger partial charge in [0.25, 0.3) is 5.91 Å². The van der Waals surface area contributed by atoms with Crippen LogP contribution in [0.1, 0.15) is 44.6 Å². The van der Waals surface area contributed by atoms with E-state index >= 15 is 0 Å². The Balaban J connectivity index is 3.04. The van der Waals surface area contributed by atoms with E-state index in [-0.39, 0.29) is 11.4 Å². The van der Waals surface area contributed by atoms with Gasteiger partial charge in [0.15, 0.2) is 0 Å². The number of rotatable bonds is 4. The summed E-state index contributed by atoms with van der Waals surface area (Å²) in [5, 5.41) is 0. The summed E-state index contributed by atoms with van der Waals surface area (Å²) in [5.41, 5.74) is 6.90. The van der Waals surface area contributed by atoms with Gasteiger partial charge in [0.2, 0.25) is 0 Å². The van der Waals surface area contributed by atoms with Crippen molar-refractivity contribution in [3.63, 3.8) is 0 Å². The maximum Gasteiger partial charge on any atom is 0.270 e. The lowest BCUT2D eigenvalue weighted by molar-refractivity contribution is 0.0609. The fourth-order valence-electron chi connectivity index (χ4n) is 1.66. The molecule has 96 valence electrons. The molecule has 2 N–H and O–H groups in total. The summed E-state index contributed by atoms with van der Waals surface area (Å²) in [6.07, 6.45) is 2.72. The van der Waals surface area contributed by atoms with Crippen molar-refractivity contribution in [1.82, 2.24) is 9.47 Å². The first-order chi connectivity index (χ1) is 7.83. The minimum atomic E-state index is -0.144. The summed E-state index contributed by atoms with van der Waals surface area (Å²) in [4.78, 5) is 14.2. The van der Waals surface area contributed by atoms with E-state index in [1.54, 1.807) is 17.2 Å². The molecule has 0 aliphatic rings. The molecule has 1 rings (SSSR count). The smallest absolute Gasteiger partial charge is 0.270 e. The number of hydrogen-bond donors (Lipinski definition) is 1. The van der Waals surface area contributed by atoms with Crippen LogP contribution in [-0.4, -0.2) is 28.0 Å². The van der Waals surface area contributed by atoms with E-state index in [2.05, 4.69) is 20.8 Å². The quantitative estimate of drug-likeness (QED) is 0.874. The molecule has 0 aliphatic carbocycles. The first-order valence-electron chi connectivity index (χ1n) is 6.07. The molecule has 1 aromatic heterocycles. The summed E-state index contributed by atoms with van der Waals surface area (Å²) < 4.78 is 1.89. The van der Waals surface area contributed by atoms with E-state index in [0.29, 0.717) is 11.4 Å². The number of nitrogen functional groups attached to an aromatic ring is 1. The molecule has 0 aromatic carbocycles. The zero-order valence-electron chi connectivity index (χ0n) is 11.4. The third kappa shape index (κ3) is 2.62. The molecule has 17 heavy (non-hydrogen) atoms. The second kappa shape index (κ2) is 4.82. The van der Waals surface area contributed by atoms with Crippen LogP contribution in [0.3, 0.4) is 0 Å². The highest BCUT2D eigenvalue weighted by molar-refractivity contribution is 5.94. The number of amides is 1. The predicted octanol–water partition coefficient (Wildman–Crippen LogP) is 2.35. The van der Waals surface area contributed by atoms with E-state index in [9.17, 15) is 4.79 Å². The maximum atomic E-state index is 12.4. The van der Waals surface area contributed by atoms with Crippen molar-refractivity contribution in [2.75, 3.05) is 12.8 Å². The Morgan fingerprint density at radius 2 is 2.06 bits per heavy atom. The van der Waals surface area contributed by atoms with Crippen molar-refractivity contribution in [3.8, 4) is 0 Å². The highest BCUT2D eigenvalue weighted by atomic mass is 16.2. The van der Waals surface area contributed by atoms with Gasteiger partial charge >= 0.3 is 0 Å². The van der Waals surface area contributed by atoms with Crippen molar-refractivity contribution in [2.45, 2.75) is 46.2 Å². The lowest BCUT2D eigenvalue weighted by Crippen LogP contribution is -2.45. The molecule has 0 atom stereocenters. The van der Waals surface area contributed by atoms with Gasteiger partial charge in [-0.25, -0.2) is 0 Å². The second-order valence-electron chi connectivity index (χ2n) is 4.97. The van der Waals surface area contributed by atoms with Gasteiger partial charge < -0.3 is 15.2 Å². The highest BCUT2D eigenvalue weighted by Crippen LogP contribution is 2.21. The minimum Gasteiger partial charge on any atom is -0.397 e. The van der Waals surface area contributed by atoms with Gasteiger partial charge in [-0.1, -0.05) is 6.92 Å². The first kappa shape index (κ1) is 13.6. The molecular formula is C13H23N3O. The summed E-state index contributed by atoms with van der Waals surface area (Å²) in [5.74, 6) is 0.0235. The highest BCUT2D eigenvalue weighted by Gasteiger charge is 2.28. The Bertz CT molecular complexity index is 407. The van der Waals surface area contributed by atoms with Crippen LogP contribution in [0.2, 0.25) is 0 Å². The van der Waals surface area contributed by atoms with Crippen LogP contribution >= 0.6 is 0 Å². The van der Waals surface area contributed by atoms with E-state index < -0.39 is 0 Å². The molecule has 0 unspecified atom stereocenters. The Kier molecular flexibility index (Phi) is 3.86. The Morgan fingerprint density at radius 1 is 1.47 bits per heavy atom. The molecule has 1 aromatic rings. The van der Waals surface area contributed by atoms with Crippen molar-refractivity contribution in [3.05, 3.63) is 18.0 Å². The SMILES string of the molecule is CCn1cc(N)cc1C(=O)N(C)C(C)(C)CC. The number of aryl methyl sites for hydroxylation is 1. The Morgan fingerprint density at radius 3 is 2.53 bits per heavy atom. The third-order valence-electron chi connectivity index (χ3n) is 3.56. The largest absolute Gasteiger partial charge is 0.397 e. The molecule has 0 bridgehead atoms. The molecular weight excluding hydrogens is 214 g/mol. The lowest BCUT2D eigenvalue weighted by Gasteiger charge is -2.35. The van der Waals surface area contributed by atoms with Crippen LogP contribution in [0.15, 0.2) is 12.3 Å². The molecule has 0 saturated carbocycles. The summed E-state index contributed by atoms with van der Waals surface area (Å²) >= 11 is 0. The average Bonchev–Trinajstić information content (AvgIpc) is 2.68. The monoisotopic (exact) mass is 237 g/mol. The molecule has 0 radical (unpaired) electrons. The minimum absolute atomic E-state index is 0.0235. The van der Waals surface area contributed by atoms with E-state index in [1.165, 1.54) is 0 Å². The van der Waals surface area contributed by atoms with Crippen LogP contribution in [0, 0.1) is 0 Å². The van der Waals surface area contributed by atoms with Gasteiger partial charge in [-0.2, -0.15) is 0 Å². The van der Waals surface area contributed by atoms with Gasteiger partial charge in [0, 0.05) is 25.3 Å². The van der Waals surface area contributed by atoms with Crippen LogP contribution in [0.5, 0.6) is 0 Å². The number of carbonyl (C=O) groups excluding carboxylic acids is 1. The lowest BCUT2D eigenvalue weighted by atomic mass is 9.99. The van der Waals surface area contributed by atoms with Crippen molar-refractivity contribution < 1.29 is 4.79 Å². The van der Waals surface area contributed by atoms with Crippen molar-refractivity contribution in [2.24, 2.45) is 0 Å². The number of hydrogen-bond acceptors (Lipinski definition) is 2. The van der Waals surface area contributed by atoms with E-state index in [4.69, 9.17) is 5.73 Å². The Hall–Kier alpha value is -1.45. The standard InChI is InChI=1S/C13H23N3O/c1-6-13(3,4)15(5)12(17)11-8-10(14)9-16(11)7-2/h8-9H,6-7,14H2,1-5H3. The number of nitrogens with two attached hydrogens (primary N) is 1. The van der Waals surface area contributed by atoms with Gasteiger partial charge in [-0.15, -0.1) is 0 Å². The van der Waals surface area contributed by atoms with Gasteiger partial charge in [-0.05, 0) is 33.3 Å². The fourth-order valence-corrected chi connectivity index (χ4v) is 1.66. The van der Waals surface area contributed by atoms with Crippen LogP contribution in [0.4, 0.5) is 5.69 Å². The fraction of sp³-hybridized carbons (Fsp3) is 0.615. The third-order valence-corrected chi connectivity index (χ3v) is 3.56. The molecule has 1 heterocycles. The van der Waals surface area contributed by atoms with Gasteiger partial charge in [0.05, 0.1) is 5.69 Å². The normalized spacial score (nSPS) is 11.6. The number of nitrogens with zero attached hydrogens (tertiary/aromatic N) is 2. The van der Waals surface area contributed by atoms with Crippen LogP contribution < -0.4 is 5.73 Å². The Labute approximate surface area is 103 Å². The first-order valence-corrected chi connectivity index (χ1v) is 6.07. The topological polar surface area (TPSA) is 51.3 Å². The molecule has 0 saturated heterocycles. The maximum absolute atomic E-state index is 12.4. The number of aromatic nitrogens is 1. The van der Waals surface area contributed by atoms with Gasteiger partial charge in [0.1, 0.15) is 5.69 Å². The van der Waals surface area contributed by atoms with E-state index in [1.807, 2.05) is 18.5 Å². The zero-order valence-corrected chi connectivity index (χ0v) is 11.4. The second-order valence-corrected chi connectivity index (χ2v) is 4.97. The van der Waals surface area contributed by atoms with Crippen molar-refractivity contribution in [1.29, 1.82) is 0 Å². The average molecular weight is 237 g/mol. The molecule has 0 aliphatic heterocycles. The van der Waals surface area contributed by atoms with Crippen molar-refractivity contribution >= 4 is 11.6 Å². The van der Waals surface area contributed by atoms with Crippen LogP contribution in [-0.2, 0) is 6.54 Å².